The lowest BCUT2D eigenvalue weighted by atomic mass is 10.1. The van der Waals surface area contributed by atoms with Gasteiger partial charge in [-0.25, -0.2) is 4.79 Å². The van der Waals surface area contributed by atoms with Crippen molar-refractivity contribution in [3.05, 3.63) is 23.7 Å². The number of rotatable bonds is 4. The van der Waals surface area contributed by atoms with Crippen LogP contribution in [0.2, 0.25) is 0 Å². The van der Waals surface area contributed by atoms with Crippen LogP contribution in [0.5, 0.6) is 0 Å². The van der Waals surface area contributed by atoms with Crippen LogP contribution in [-0.2, 0) is 9.47 Å². The van der Waals surface area contributed by atoms with E-state index in [0.717, 1.165) is 31.9 Å². The zero-order valence-electron chi connectivity index (χ0n) is 11.7. The van der Waals surface area contributed by atoms with E-state index < -0.39 is 5.97 Å². The van der Waals surface area contributed by atoms with E-state index in [4.69, 9.17) is 9.15 Å². The lowest BCUT2D eigenvalue weighted by Gasteiger charge is -2.38. The van der Waals surface area contributed by atoms with Crippen molar-refractivity contribution in [3.63, 3.8) is 0 Å². The molecule has 0 radical (unpaired) electrons. The zero-order chi connectivity index (χ0) is 13.8. The topological polar surface area (TPSA) is 51.9 Å². The highest BCUT2D eigenvalue weighted by Crippen LogP contribution is 2.27. The molecule has 1 aliphatic rings. The Hall–Kier alpha value is -1.33. The van der Waals surface area contributed by atoms with Gasteiger partial charge in [-0.3, -0.25) is 4.90 Å². The van der Waals surface area contributed by atoms with Crippen LogP contribution in [0.1, 0.15) is 42.6 Å². The number of methoxy groups -OCH3 is 1. The van der Waals surface area contributed by atoms with Crippen LogP contribution < -0.4 is 0 Å². The van der Waals surface area contributed by atoms with E-state index in [0.29, 0.717) is 6.04 Å². The van der Waals surface area contributed by atoms with Gasteiger partial charge in [0.1, 0.15) is 5.76 Å². The molecule has 0 spiro atoms. The number of hydrogen-bond donors (Lipinski definition) is 0. The molecule has 5 heteroatoms. The molecule has 2 unspecified atom stereocenters. The maximum Gasteiger partial charge on any atom is 0.373 e. The van der Waals surface area contributed by atoms with Crippen molar-refractivity contribution in [2.75, 3.05) is 26.9 Å². The molecule has 1 saturated heterocycles. The third-order valence-corrected chi connectivity index (χ3v) is 3.67. The Labute approximate surface area is 113 Å². The highest BCUT2D eigenvalue weighted by atomic mass is 16.5. The Bertz CT molecular complexity index is 429. The number of carbonyl (C=O) groups excluding carboxylic acids is 1. The molecule has 106 valence electrons. The second-order valence-electron chi connectivity index (χ2n) is 4.74. The van der Waals surface area contributed by atoms with Gasteiger partial charge >= 0.3 is 5.97 Å². The van der Waals surface area contributed by atoms with Crippen molar-refractivity contribution in [1.82, 2.24) is 4.90 Å². The lowest BCUT2D eigenvalue weighted by Crippen LogP contribution is -2.46. The second-order valence-corrected chi connectivity index (χ2v) is 4.74. The summed E-state index contributed by atoms with van der Waals surface area (Å²) in [5.74, 6) is 0.610. The monoisotopic (exact) mass is 267 g/mol. The molecule has 1 fully saturated rings. The number of hydrogen-bond acceptors (Lipinski definition) is 5. The van der Waals surface area contributed by atoms with Crippen LogP contribution in [0.3, 0.4) is 0 Å². The summed E-state index contributed by atoms with van der Waals surface area (Å²) in [6, 6.07) is 4.04. The summed E-state index contributed by atoms with van der Waals surface area (Å²) in [6.45, 7) is 6.62. The maximum atomic E-state index is 11.4. The average molecular weight is 267 g/mol. The largest absolute Gasteiger partial charge is 0.463 e. The van der Waals surface area contributed by atoms with Gasteiger partial charge < -0.3 is 13.9 Å². The second kappa shape index (κ2) is 6.21. The molecule has 2 atom stereocenters. The third-order valence-electron chi connectivity index (χ3n) is 3.67. The fourth-order valence-corrected chi connectivity index (χ4v) is 2.48. The minimum atomic E-state index is -0.438. The molecule has 0 bridgehead atoms. The normalized spacial score (nSPS) is 22.2. The van der Waals surface area contributed by atoms with E-state index in [1.165, 1.54) is 7.11 Å². The first-order valence-electron chi connectivity index (χ1n) is 6.69. The minimum absolute atomic E-state index is 0.132. The van der Waals surface area contributed by atoms with Gasteiger partial charge in [0.15, 0.2) is 0 Å². The summed E-state index contributed by atoms with van der Waals surface area (Å²) in [7, 11) is 1.35. The van der Waals surface area contributed by atoms with E-state index in [-0.39, 0.29) is 11.8 Å². The molecular weight excluding hydrogens is 246 g/mol. The summed E-state index contributed by atoms with van der Waals surface area (Å²) in [6.07, 6.45) is 1.04. The van der Waals surface area contributed by atoms with Gasteiger partial charge in [0, 0.05) is 12.6 Å². The number of ether oxygens (including phenoxy) is 2. The summed E-state index contributed by atoms with van der Waals surface area (Å²) in [4.78, 5) is 13.8. The van der Waals surface area contributed by atoms with Crippen molar-refractivity contribution in [1.29, 1.82) is 0 Å². The Morgan fingerprint density at radius 1 is 1.58 bits per heavy atom. The Morgan fingerprint density at radius 3 is 3.05 bits per heavy atom. The molecular formula is C14H21NO4. The summed E-state index contributed by atoms with van der Waals surface area (Å²) < 4.78 is 15.7. The van der Waals surface area contributed by atoms with Crippen LogP contribution in [0.4, 0.5) is 0 Å². The number of carbonyl (C=O) groups is 1. The van der Waals surface area contributed by atoms with Gasteiger partial charge in [0.05, 0.1) is 26.4 Å². The first-order chi connectivity index (χ1) is 9.17. The van der Waals surface area contributed by atoms with E-state index >= 15 is 0 Å². The average Bonchev–Trinajstić information content (AvgIpc) is 2.95. The summed E-state index contributed by atoms with van der Waals surface area (Å²) in [5.41, 5.74) is 0. The molecule has 1 aromatic rings. The number of furan rings is 1. The van der Waals surface area contributed by atoms with Gasteiger partial charge in [-0.2, -0.15) is 0 Å². The molecule has 2 heterocycles. The molecule has 0 N–H and O–H groups in total. The van der Waals surface area contributed by atoms with Crippen LogP contribution >= 0.6 is 0 Å². The van der Waals surface area contributed by atoms with E-state index in [1.54, 1.807) is 6.07 Å². The van der Waals surface area contributed by atoms with Crippen molar-refractivity contribution in [3.8, 4) is 0 Å². The van der Waals surface area contributed by atoms with Crippen molar-refractivity contribution >= 4 is 5.97 Å². The molecule has 0 aliphatic carbocycles. The molecule has 5 nitrogen and oxygen atoms in total. The Kier molecular flexibility index (Phi) is 4.61. The summed E-state index contributed by atoms with van der Waals surface area (Å²) in [5, 5.41) is 0. The standard InChI is InChI=1S/C14H21NO4/c1-4-11-9-18-8-7-15(11)10(2)12-5-6-13(19-12)14(16)17-3/h5-6,10-11H,4,7-9H2,1-3H3. The van der Waals surface area contributed by atoms with E-state index in [9.17, 15) is 4.79 Å². The van der Waals surface area contributed by atoms with Crippen LogP contribution in [0, 0.1) is 0 Å². The molecule has 1 aliphatic heterocycles. The maximum absolute atomic E-state index is 11.4. The number of morpholine rings is 1. The smallest absolute Gasteiger partial charge is 0.373 e. The molecule has 1 aromatic heterocycles. The highest BCUT2D eigenvalue weighted by Gasteiger charge is 2.28. The van der Waals surface area contributed by atoms with E-state index in [2.05, 4.69) is 23.5 Å². The van der Waals surface area contributed by atoms with Crippen molar-refractivity contribution < 1.29 is 18.7 Å². The van der Waals surface area contributed by atoms with Gasteiger partial charge in [-0.15, -0.1) is 0 Å². The predicted molar refractivity (Wildman–Crippen MR) is 70.1 cm³/mol. The zero-order valence-corrected chi connectivity index (χ0v) is 11.7. The Morgan fingerprint density at radius 2 is 2.37 bits per heavy atom. The fourth-order valence-electron chi connectivity index (χ4n) is 2.48. The van der Waals surface area contributed by atoms with Crippen molar-refractivity contribution in [2.45, 2.75) is 32.4 Å². The molecule has 0 saturated carbocycles. The summed E-state index contributed by atoms with van der Waals surface area (Å²) >= 11 is 0. The fraction of sp³-hybridized carbons (Fsp3) is 0.643. The highest BCUT2D eigenvalue weighted by molar-refractivity contribution is 5.86. The van der Waals surface area contributed by atoms with Crippen LogP contribution in [-0.4, -0.2) is 43.8 Å². The molecule has 19 heavy (non-hydrogen) atoms. The number of nitrogens with zero attached hydrogens (tertiary/aromatic N) is 1. The minimum Gasteiger partial charge on any atom is -0.463 e. The van der Waals surface area contributed by atoms with Crippen LogP contribution in [0.25, 0.3) is 0 Å². The van der Waals surface area contributed by atoms with Gasteiger partial charge in [0.25, 0.3) is 0 Å². The van der Waals surface area contributed by atoms with Gasteiger partial charge in [-0.1, -0.05) is 6.92 Å². The molecule has 2 rings (SSSR count). The van der Waals surface area contributed by atoms with Gasteiger partial charge in [-0.05, 0) is 25.5 Å². The number of esters is 1. The third kappa shape index (κ3) is 2.98. The lowest BCUT2D eigenvalue weighted by molar-refractivity contribution is -0.0311. The molecule has 0 amide bonds. The first-order valence-corrected chi connectivity index (χ1v) is 6.69. The SMILES string of the molecule is CCC1COCCN1C(C)c1ccc(C(=O)OC)o1. The van der Waals surface area contributed by atoms with Gasteiger partial charge in [0.2, 0.25) is 5.76 Å². The quantitative estimate of drug-likeness (QED) is 0.783. The van der Waals surface area contributed by atoms with Crippen LogP contribution in [0.15, 0.2) is 16.5 Å². The first kappa shape index (κ1) is 14.1. The van der Waals surface area contributed by atoms with Crippen molar-refractivity contribution in [2.24, 2.45) is 0 Å². The predicted octanol–water partition coefficient (Wildman–Crippen LogP) is 2.24. The molecule has 0 aromatic carbocycles. The Balaban J connectivity index is 2.11. The van der Waals surface area contributed by atoms with E-state index in [1.807, 2.05) is 6.07 Å².